The Hall–Kier alpha value is -5.48. The van der Waals surface area contributed by atoms with E-state index in [1.807, 2.05) is 12.4 Å². The molecule has 0 aliphatic carbocycles. The molecule has 0 bridgehead atoms. The SMILES string of the molecule is Cc1ccc(C2=CN(c3ccc(C)cc3)C(c3cccc(C4N=CC(c5ccc(C)cc5)=CN4c4ccc(C)cc4)c3)N=C2)cc1. The minimum absolute atomic E-state index is 0.212. The summed E-state index contributed by atoms with van der Waals surface area (Å²) in [5.74, 6) is 0. The number of allylic oxidation sites excluding steroid dienone is 2. The summed E-state index contributed by atoms with van der Waals surface area (Å²) in [5, 5.41) is 0. The lowest BCUT2D eigenvalue weighted by Crippen LogP contribution is -2.27. The van der Waals surface area contributed by atoms with E-state index < -0.39 is 0 Å². The largest absolute Gasteiger partial charge is 0.321 e. The molecule has 5 aromatic rings. The van der Waals surface area contributed by atoms with Crippen LogP contribution in [0.4, 0.5) is 11.4 Å². The van der Waals surface area contributed by atoms with E-state index in [-0.39, 0.29) is 12.3 Å². The maximum atomic E-state index is 5.16. The molecule has 2 aliphatic heterocycles. The van der Waals surface area contributed by atoms with E-state index in [1.54, 1.807) is 0 Å². The minimum Gasteiger partial charge on any atom is -0.321 e. The lowest BCUT2D eigenvalue weighted by molar-refractivity contribution is 0.709. The molecule has 7 rings (SSSR count). The molecule has 2 aliphatic rings. The Kier molecular flexibility index (Phi) is 7.94. The van der Waals surface area contributed by atoms with Crippen LogP contribution in [0, 0.1) is 27.7 Å². The van der Waals surface area contributed by atoms with Crippen molar-refractivity contribution in [1.82, 2.24) is 0 Å². The fraction of sp³-hybridized carbons (Fsp3) is 0.143. The van der Waals surface area contributed by atoms with Crippen molar-refractivity contribution < 1.29 is 0 Å². The second kappa shape index (κ2) is 12.5. The van der Waals surface area contributed by atoms with Crippen LogP contribution in [0.3, 0.4) is 0 Å². The number of rotatable bonds is 6. The van der Waals surface area contributed by atoms with Gasteiger partial charge in [0.05, 0.1) is 0 Å². The summed E-state index contributed by atoms with van der Waals surface area (Å²) in [5.41, 5.74) is 13.9. The molecule has 2 heterocycles. The van der Waals surface area contributed by atoms with Crippen LogP contribution in [0.15, 0.2) is 144 Å². The fourth-order valence-electron chi connectivity index (χ4n) is 5.98. The molecule has 2 atom stereocenters. The Bertz CT molecular complexity index is 1820. The van der Waals surface area contributed by atoms with E-state index >= 15 is 0 Å². The summed E-state index contributed by atoms with van der Waals surface area (Å²) in [6, 6.07) is 43.4. The Morgan fingerprint density at radius 1 is 0.435 bits per heavy atom. The summed E-state index contributed by atoms with van der Waals surface area (Å²) in [7, 11) is 0. The molecule has 0 fully saturated rings. The van der Waals surface area contributed by atoms with Gasteiger partial charge in [-0.1, -0.05) is 113 Å². The number of nitrogens with zero attached hydrogens (tertiary/aromatic N) is 4. The van der Waals surface area contributed by atoms with Crippen molar-refractivity contribution in [3.63, 3.8) is 0 Å². The normalized spacial score (nSPS) is 17.6. The van der Waals surface area contributed by atoms with Gasteiger partial charge < -0.3 is 9.80 Å². The minimum atomic E-state index is -0.212. The first-order valence-electron chi connectivity index (χ1n) is 15.9. The Balaban J connectivity index is 1.26. The maximum absolute atomic E-state index is 5.16. The third-order valence-corrected chi connectivity index (χ3v) is 8.73. The van der Waals surface area contributed by atoms with E-state index in [1.165, 1.54) is 22.3 Å². The molecule has 4 heteroatoms. The average Bonchev–Trinajstić information content (AvgIpc) is 3.09. The van der Waals surface area contributed by atoms with Crippen LogP contribution in [0.5, 0.6) is 0 Å². The summed E-state index contributed by atoms with van der Waals surface area (Å²) < 4.78 is 0. The maximum Gasteiger partial charge on any atom is 0.150 e. The van der Waals surface area contributed by atoms with E-state index in [2.05, 4.69) is 171 Å². The number of benzene rings is 5. The molecule has 0 N–H and O–H groups in total. The third-order valence-electron chi connectivity index (χ3n) is 8.73. The predicted molar refractivity (Wildman–Crippen MR) is 195 cm³/mol. The van der Waals surface area contributed by atoms with Gasteiger partial charge >= 0.3 is 0 Å². The standard InChI is InChI=1S/C42H38N4/c1-29-8-16-33(17-9-29)37-25-43-41(45(27-37)39-20-12-31(3)13-21-39)35-6-5-7-36(24-35)42-44-26-38(34-18-10-30(2)11-19-34)28-46(42)40-22-14-32(4)15-23-40/h5-28,41-42H,1-4H3. The lowest BCUT2D eigenvalue weighted by atomic mass is 10.00. The van der Waals surface area contributed by atoms with Gasteiger partial charge in [0.1, 0.15) is 0 Å². The van der Waals surface area contributed by atoms with Crippen LogP contribution < -0.4 is 9.80 Å². The molecule has 0 radical (unpaired) electrons. The van der Waals surface area contributed by atoms with E-state index in [9.17, 15) is 0 Å². The number of aryl methyl sites for hydroxylation is 4. The van der Waals surface area contributed by atoms with E-state index in [0.29, 0.717) is 0 Å². The summed E-state index contributed by atoms with van der Waals surface area (Å²) in [6.07, 6.45) is 8.06. The molecule has 0 saturated carbocycles. The molecular weight excluding hydrogens is 560 g/mol. The number of aliphatic imine (C=N–C) groups is 2. The second-order valence-corrected chi connectivity index (χ2v) is 12.4. The molecule has 0 saturated heterocycles. The van der Waals surface area contributed by atoms with Crippen LogP contribution in [0.2, 0.25) is 0 Å². The molecule has 0 amide bonds. The van der Waals surface area contributed by atoms with Crippen molar-refractivity contribution in [2.45, 2.75) is 40.0 Å². The number of hydrogen-bond acceptors (Lipinski definition) is 4. The van der Waals surface area contributed by atoms with Crippen LogP contribution in [-0.2, 0) is 0 Å². The van der Waals surface area contributed by atoms with Crippen LogP contribution >= 0.6 is 0 Å². The molecule has 5 aromatic carbocycles. The molecule has 4 nitrogen and oxygen atoms in total. The van der Waals surface area contributed by atoms with Gasteiger partial charge in [0.25, 0.3) is 0 Å². The highest BCUT2D eigenvalue weighted by Gasteiger charge is 2.26. The molecule has 226 valence electrons. The molecular formula is C42H38N4. The van der Waals surface area contributed by atoms with Gasteiger partial charge in [-0.25, -0.2) is 0 Å². The predicted octanol–water partition coefficient (Wildman–Crippen LogP) is 10.2. The van der Waals surface area contributed by atoms with Gasteiger partial charge in [-0.2, -0.15) is 0 Å². The highest BCUT2D eigenvalue weighted by molar-refractivity contribution is 6.12. The summed E-state index contributed by atoms with van der Waals surface area (Å²) in [4.78, 5) is 14.9. The topological polar surface area (TPSA) is 31.2 Å². The third kappa shape index (κ3) is 6.07. The first-order chi connectivity index (χ1) is 22.4. The van der Waals surface area contributed by atoms with Gasteiger partial charge in [-0.05, 0) is 80.3 Å². The van der Waals surface area contributed by atoms with Crippen molar-refractivity contribution in [2.24, 2.45) is 9.98 Å². The number of anilines is 2. The summed E-state index contributed by atoms with van der Waals surface area (Å²) >= 11 is 0. The monoisotopic (exact) mass is 598 g/mol. The van der Waals surface area contributed by atoms with Gasteiger partial charge in [-0.3, -0.25) is 9.98 Å². The smallest absolute Gasteiger partial charge is 0.150 e. The van der Waals surface area contributed by atoms with Gasteiger partial charge in [0, 0.05) is 47.4 Å². The zero-order valence-corrected chi connectivity index (χ0v) is 26.8. The first-order valence-corrected chi connectivity index (χ1v) is 15.9. The zero-order valence-electron chi connectivity index (χ0n) is 26.8. The Morgan fingerprint density at radius 2 is 0.783 bits per heavy atom. The van der Waals surface area contributed by atoms with Crippen LogP contribution in [-0.4, -0.2) is 12.4 Å². The van der Waals surface area contributed by atoms with Gasteiger partial charge in [0.15, 0.2) is 12.3 Å². The van der Waals surface area contributed by atoms with Crippen molar-refractivity contribution in [1.29, 1.82) is 0 Å². The van der Waals surface area contributed by atoms with Gasteiger partial charge in [-0.15, -0.1) is 0 Å². The Labute approximate surface area is 272 Å². The zero-order chi connectivity index (χ0) is 31.6. The average molecular weight is 599 g/mol. The highest BCUT2D eigenvalue weighted by atomic mass is 15.3. The van der Waals surface area contributed by atoms with Gasteiger partial charge in [0.2, 0.25) is 0 Å². The molecule has 46 heavy (non-hydrogen) atoms. The van der Waals surface area contributed by atoms with Crippen molar-refractivity contribution >= 4 is 35.0 Å². The van der Waals surface area contributed by atoms with Crippen molar-refractivity contribution in [2.75, 3.05) is 9.80 Å². The number of hydrogen-bond donors (Lipinski definition) is 0. The fourth-order valence-corrected chi connectivity index (χ4v) is 5.98. The molecule has 0 aromatic heterocycles. The highest BCUT2D eigenvalue weighted by Crippen LogP contribution is 2.38. The van der Waals surface area contributed by atoms with Crippen molar-refractivity contribution in [3.8, 4) is 0 Å². The van der Waals surface area contributed by atoms with E-state index in [0.717, 1.165) is 44.8 Å². The molecule has 2 unspecified atom stereocenters. The van der Waals surface area contributed by atoms with Crippen LogP contribution in [0.1, 0.15) is 56.8 Å². The van der Waals surface area contributed by atoms with Crippen molar-refractivity contribution in [3.05, 3.63) is 178 Å². The first kappa shape index (κ1) is 29.2. The lowest BCUT2D eigenvalue weighted by Gasteiger charge is -2.34. The van der Waals surface area contributed by atoms with Crippen LogP contribution in [0.25, 0.3) is 11.1 Å². The summed E-state index contributed by atoms with van der Waals surface area (Å²) in [6.45, 7) is 8.47. The second-order valence-electron chi connectivity index (χ2n) is 12.4. The molecule has 0 spiro atoms. The quantitative estimate of drug-likeness (QED) is 0.195. The Morgan fingerprint density at radius 3 is 1.15 bits per heavy atom. The van der Waals surface area contributed by atoms with E-state index in [4.69, 9.17) is 9.98 Å².